The summed E-state index contributed by atoms with van der Waals surface area (Å²) in [4.78, 5) is 53.5. The summed E-state index contributed by atoms with van der Waals surface area (Å²) in [6.45, 7) is 19.9. The number of likely N-dealkylation sites (N-methyl/N-ethyl adjacent to an activating group) is 1. The quantitative estimate of drug-likeness (QED) is 0.153. The predicted octanol–water partition coefficient (Wildman–Crippen LogP) is 5.69. The van der Waals surface area contributed by atoms with Crippen LogP contribution in [0.5, 0.6) is 0 Å². The molecule has 49 heavy (non-hydrogen) atoms. The van der Waals surface area contributed by atoms with E-state index in [-0.39, 0.29) is 35.9 Å². The number of H-pyrrole nitrogens is 1. The zero-order valence-electron chi connectivity index (χ0n) is 29.1. The Bertz CT molecular complexity index is 1560. The van der Waals surface area contributed by atoms with Crippen LogP contribution in [0.4, 0.5) is 10.9 Å². The smallest absolute Gasteiger partial charge is 0.350 e. The van der Waals surface area contributed by atoms with Crippen molar-refractivity contribution in [2.75, 3.05) is 88.5 Å². The zero-order chi connectivity index (χ0) is 35.1. The maximum absolute atomic E-state index is 13.2. The molecule has 0 radical (unpaired) electrons. The Morgan fingerprint density at radius 1 is 1.00 bits per heavy atom. The van der Waals surface area contributed by atoms with Gasteiger partial charge < -0.3 is 29.2 Å². The molecular weight excluding hydrogens is 687 g/mol. The van der Waals surface area contributed by atoms with Crippen LogP contribution in [0.15, 0.2) is 12.4 Å². The number of halogens is 2. The summed E-state index contributed by atoms with van der Waals surface area (Å²) in [7, 11) is 0. The van der Waals surface area contributed by atoms with Gasteiger partial charge in [-0.3, -0.25) is 9.69 Å². The monoisotopic (exact) mass is 734 g/mol. The minimum Gasteiger partial charge on any atom is -0.462 e. The SMILES string of the molecule is CCOC(=O)c1sc(N2CC[C@@H](CC(=O)c3[nH]c(C)c(Cl)c3Cl)[C@@H](OCC)C2)nc1-c1cnc(N2CCN(CCN(CC)CC)CC2)cn1. The molecule has 0 aromatic carbocycles. The summed E-state index contributed by atoms with van der Waals surface area (Å²) in [6, 6.07) is 0. The minimum absolute atomic E-state index is 0.0197. The van der Waals surface area contributed by atoms with E-state index in [0.717, 1.165) is 58.2 Å². The van der Waals surface area contributed by atoms with Gasteiger partial charge in [0.05, 0.1) is 35.1 Å². The van der Waals surface area contributed by atoms with Crippen molar-refractivity contribution in [3.8, 4) is 11.4 Å². The number of hydrogen-bond acceptors (Lipinski definition) is 12. The highest BCUT2D eigenvalue weighted by Crippen LogP contribution is 2.37. The first kappa shape index (κ1) is 37.4. The molecule has 2 atom stereocenters. The van der Waals surface area contributed by atoms with Crippen LogP contribution in [0.3, 0.4) is 0 Å². The number of nitrogens with zero attached hydrogens (tertiary/aromatic N) is 7. The number of aromatic nitrogens is 4. The van der Waals surface area contributed by atoms with Crippen molar-refractivity contribution in [3.63, 3.8) is 0 Å². The third-order valence-corrected chi connectivity index (χ3v) is 11.5. The number of ether oxygens (including phenoxy) is 2. The zero-order valence-corrected chi connectivity index (χ0v) is 31.5. The fourth-order valence-electron chi connectivity index (χ4n) is 6.46. The molecule has 3 aromatic heterocycles. The van der Waals surface area contributed by atoms with Gasteiger partial charge in [0.1, 0.15) is 27.8 Å². The van der Waals surface area contributed by atoms with Gasteiger partial charge in [-0.1, -0.05) is 48.4 Å². The number of esters is 1. The molecule has 5 rings (SSSR count). The predicted molar refractivity (Wildman–Crippen MR) is 196 cm³/mol. The van der Waals surface area contributed by atoms with Crippen molar-refractivity contribution in [2.24, 2.45) is 5.92 Å². The Morgan fingerprint density at radius 2 is 1.76 bits per heavy atom. The number of anilines is 2. The van der Waals surface area contributed by atoms with E-state index in [2.05, 4.69) is 38.4 Å². The molecule has 0 bridgehead atoms. The van der Waals surface area contributed by atoms with Gasteiger partial charge in [-0.25, -0.2) is 19.7 Å². The third-order valence-electron chi connectivity index (χ3n) is 9.41. The van der Waals surface area contributed by atoms with Crippen LogP contribution in [-0.2, 0) is 9.47 Å². The first-order valence-electron chi connectivity index (χ1n) is 17.3. The number of carbonyl (C=O) groups excluding carboxylic acids is 2. The molecule has 1 N–H and O–H groups in total. The Kier molecular flexibility index (Phi) is 13.3. The van der Waals surface area contributed by atoms with Gasteiger partial charge in [0.15, 0.2) is 10.9 Å². The van der Waals surface area contributed by atoms with Gasteiger partial charge in [0, 0.05) is 71.1 Å². The fourth-order valence-corrected chi connectivity index (χ4v) is 7.90. The normalized spacial score (nSPS) is 18.8. The summed E-state index contributed by atoms with van der Waals surface area (Å²) >= 11 is 13.9. The standard InChI is InChI=1S/C34H48Cl2N8O4S/c1-6-41(7-2)12-13-42-14-16-43(17-15-42)27-20-37-24(19-38-27)30-32(33(46)48-9-4)49-34(40-30)44-11-10-23(26(21-44)47-8-3)18-25(45)31-29(36)28(35)22(5)39-31/h19-20,23,26,39H,6-18,21H2,1-5H3/t23-,26-/m0/s1. The van der Waals surface area contributed by atoms with Crippen molar-refractivity contribution < 1.29 is 19.1 Å². The number of ketones is 1. The highest BCUT2D eigenvalue weighted by atomic mass is 35.5. The van der Waals surface area contributed by atoms with Gasteiger partial charge in [0.2, 0.25) is 0 Å². The molecule has 0 unspecified atom stereocenters. The van der Waals surface area contributed by atoms with E-state index < -0.39 is 5.97 Å². The molecule has 12 nitrogen and oxygen atoms in total. The largest absolute Gasteiger partial charge is 0.462 e. The molecule has 0 aliphatic carbocycles. The van der Waals surface area contributed by atoms with Gasteiger partial charge in [-0.15, -0.1) is 0 Å². The molecular formula is C34H48Cl2N8O4S. The molecule has 2 fully saturated rings. The first-order chi connectivity index (χ1) is 23.7. The van der Waals surface area contributed by atoms with Crippen LogP contribution in [0.2, 0.25) is 10.0 Å². The third kappa shape index (κ3) is 8.92. The molecule has 0 saturated carbocycles. The van der Waals surface area contributed by atoms with Crippen LogP contribution in [0.25, 0.3) is 11.4 Å². The van der Waals surface area contributed by atoms with E-state index in [0.29, 0.717) is 63.9 Å². The number of aryl methyl sites for hydroxylation is 1. The number of hydrogen-bond donors (Lipinski definition) is 1. The van der Waals surface area contributed by atoms with E-state index in [9.17, 15) is 9.59 Å². The molecule has 2 saturated heterocycles. The van der Waals surface area contributed by atoms with Crippen molar-refractivity contribution in [2.45, 2.75) is 53.6 Å². The van der Waals surface area contributed by atoms with Crippen LogP contribution < -0.4 is 9.80 Å². The van der Waals surface area contributed by atoms with E-state index >= 15 is 0 Å². The summed E-state index contributed by atoms with van der Waals surface area (Å²) in [5, 5.41) is 1.31. The number of piperidine rings is 1. The number of nitrogens with one attached hydrogen (secondary N) is 1. The van der Waals surface area contributed by atoms with Crippen molar-refractivity contribution in [1.29, 1.82) is 0 Å². The van der Waals surface area contributed by atoms with Crippen molar-refractivity contribution in [3.05, 3.63) is 38.7 Å². The lowest BCUT2D eigenvalue weighted by atomic mass is 9.88. The highest BCUT2D eigenvalue weighted by Gasteiger charge is 2.35. The average molecular weight is 736 g/mol. The number of piperazine rings is 1. The highest BCUT2D eigenvalue weighted by molar-refractivity contribution is 7.17. The summed E-state index contributed by atoms with van der Waals surface area (Å²) in [5.41, 5.74) is 1.98. The van der Waals surface area contributed by atoms with Crippen LogP contribution in [0, 0.1) is 12.8 Å². The van der Waals surface area contributed by atoms with Gasteiger partial charge in [-0.05, 0) is 46.2 Å². The number of rotatable bonds is 15. The molecule has 268 valence electrons. The Balaban J connectivity index is 1.27. The first-order valence-corrected chi connectivity index (χ1v) is 18.9. The van der Waals surface area contributed by atoms with E-state index in [1.165, 1.54) is 11.3 Å². The van der Waals surface area contributed by atoms with Gasteiger partial charge in [0.25, 0.3) is 0 Å². The van der Waals surface area contributed by atoms with E-state index in [1.54, 1.807) is 26.2 Å². The second-order valence-corrected chi connectivity index (χ2v) is 14.1. The minimum atomic E-state index is -0.438. The Hall–Kier alpha value is -2.81. The Morgan fingerprint density at radius 3 is 2.37 bits per heavy atom. The van der Waals surface area contributed by atoms with E-state index in [4.69, 9.17) is 47.6 Å². The number of thiazole rings is 1. The maximum Gasteiger partial charge on any atom is 0.350 e. The number of carbonyl (C=O) groups is 2. The van der Waals surface area contributed by atoms with Crippen LogP contribution >= 0.6 is 34.5 Å². The molecule has 2 aliphatic heterocycles. The molecule has 5 heterocycles. The Labute approximate surface area is 303 Å². The molecule has 3 aromatic rings. The van der Waals surface area contributed by atoms with Crippen LogP contribution in [0.1, 0.15) is 66.4 Å². The van der Waals surface area contributed by atoms with Crippen molar-refractivity contribution in [1.82, 2.24) is 29.7 Å². The number of Topliss-reactive ketones (excluding diaryl/α,β-unsaturated/α-hetero) is 1. The van der Waals surface area contributed by atoms with Gasteiger partial charge >= 0.3 is 5.97 Å². The maximum atomic E-state index is 13.2. The van der Waals surface area contributed by atoms with Crippen LogP contribution in [-0.4, -0.2) is 126 Å². The molecule has 0 amide bonds. The molecule has 15 heteroatoms. The topological polar surface area (TPSA) is 120 Å². The van der Waals surface area contributed by atoms with Crippen molar-refractivity contribution >= 4 is 57.2 Å². The molecule has 2 aliphatic rings. The number of aromatic amines is 1. The average Bonchev–Trinajstić information content (AvgIpc) is 3.67. The summed E-state index contributed by atoms with van der Waals surface area (Å²) in [5.74, 6) is 0.262. The summed E-state index contributed by atoms with van der Waals surface area (Å²) in [6.07, 6.45) is 4.22. The fraction of sp³-hybridized carbons (Fsp3) is 0.618. The van der Waals surface area contributed by atoms with E-state index in [1.807, 2.05) is 6.92 Å². The lowest BCUT2D eigenvalue weighted by Crippen LogP contribution is -2.48. The second-order valence-electron chi connectivity index (χ2n) is 12.4. The lowest BCUT2D eigenvalue weighted by Gasteiger charge is -2.38. The second kappa shape index (κ2) is 17.4. The van der Waals surface area contributed by atoms with Gasteiger partial charge in [-0.2, -0.15) is 0 Å². The molecule has 0 spiro atoms. The summed E-state index contributed by atoms with van der Waals surface area (Å²) < 4.78 is 11.6. The lowest BCUT2D eigenvalue weighted by molar-refractivity contribution is 0.0103.